The van der Waals surface area contributed by atoms with Gasteiger partial charge in [0.1, 0.15) is 5.15 Å². The monoisotopic (exact) mass is 207 g/mol. The van der Waals surface area contributed by atoms with Crippen LogP contribution >= 0.6 is 23.2 Å². The molecular weight excluding hydrogens is 200 g/mol. The molecule has 0 aliphatic carbocycles. The Balaban J connectivity index is 3.05. The van der Waals surface area contributed by atoms with Crippen molar-refractivity contribution in [2.75, 3.05) is 0 Å². The molecule has 0 saturated heterocycles. The number of hydrogen-bond acceptors (Lipinski definition) is 1. The van der Waals surface area contributed by atoms with Crippen molar-refractivity contribution in [2.45, 2.75) is 19.8 Å². The van der Waals surface area contributed by atoms with E-state index in [1.807, 2.05) is 6.92 Å². The fraction of sp³-hybridized carbons (Fsp3) is 0.375. The summed E-state index contributed by atoms with van der Waals surface area (Å²) >= 11 is 11.1. The third-order valence-electron chi connectivity index (χ3n) is 1.48. The molecule has 0 aliphatic rings. The van der Waals surface area contributed by atoms with Crippen molar-refractivity contribution in [3.63, 3.8) is 0 Å². The van der Waals surface area contributed by atoms with E-state index in [0.29, 0.717) is 10.7 Å². The number of rotatable bonds is 2. The van der Waals surface area contributed by atoms with Gasteiger partial charge in [-0.15, -0.1) is 0 Å². The minimum Gasteiger partial charge on any atom is -0.221 e. The van der Waals surface area contributed by atoms with Crippen LogP contribution in [0.5, 0.6) is 0 Å². The molecule has 0 aliphatic heterocycles. The van der Waals surface area contributed by atoms with E-state index in [1.165, 1.54) is 6.07 Å². The Morgan fingerprint density at radius 3 is 2.67 bits per heavy atom. The van der Waals surface area contributed by atoms with E-state index >= 15 is 0 Å². The van der Waals surface area contributed by atoms with Crippen LogP contribution in [0.3, 0.4) is 0 Å². The van der Waals surface area contributed by atoms with Gasteiger partial charge in [-0.1, -0.05) is 36.5 Å². The SMILES string of the molecule is CCCc1cc(F)c(Cl)nc1Cl. The number of nitrogens with zero attached hydrogens (tertiary/aromatic N) is 1. The first-order valence-corrected chi connectivity index (χ1v) is 4.41. The minimum absolute atomic E-state index is 0.167. The smallest absolute Gasteiger partial charge is 0.166 e. The van der Waals surface area contributed by atoms with Crippen molar-refractivity contribution in [3.8, 4) is 0 Å². The van der Waals surface area contributed by atoms with E-state index in [4.69, 9.17) is 23.2 Å². The van der Waals surface area contributed by atoms with Crippen LogP contribution in [-0.2, 0) is 6.42 Å². The highest BCUT2D eigenvalue weighted by molar-refractivity contribution is 6.32. The van der Waals surface area contributed by atoms with Crippen LogP contribution in [-0.4, -0.2) is 4.98 Å². The number of pyridine rings is 1. The average Bonchev–Trinajstić information content (AvgIpc) is 2.01. The largest absolute Gasteiger partial charge is 0.221 e. The second-order valence-electron chi connectivity index (χ2n) is 2.46. The molecule has 1 heterocycles. The fourth-order valence-corrected chi connectivity index (χ4v) is 1.34. The van der Waals surface area contributed by atoms with E-state index < -0.39 is 5.82 Å². The van der Waals surface area contributed by atoms with Crippen molar-refractivity contribution in [1.29, 1.82) is 0 Å². The molecule has 0 saturated carbocycles. The summed E-state index contributed by atoms with van der Waals surface area (Å²) in [4.78, 5) is 3.65. The Bertz CT molecular complexity index is 289. The summed E-state index contributed by atoms with van der Waals surface area (Å²) in [5.41, 5.74) is 0.709. The zero-order valence-electron chi connectivity index (χ0n) is 6.57. The highest BCUT2D eigenvalue weighted by Crippen LogP contribution is 2.21. The summed E-state index contributed by atoms with van der Waals surface area (Å²) < 4.78 is 12.8. The van der Waals surface area contributed by atoms with E-state index in [2.05, 4.69) is 4.98 Å². The predicted molar refractivity (Wildman–Crippen MR) is 48.2 cm³/mol. The molecule has 1 aromatic heterocycles. The van der Waals surface area contributed by atoms with E-state index in [-0.39, 0.29) is 5.15 Å². The Labute approximate surface area is 80.5 Å². The van der Waals surface area contributed by atoms with Crippen LogP contribution in [0.4, 0.5) is 4.39 Å². The molecule has 0 N–H and O–H groups in total. The molecule has 4 heteroatoms. The second kappa shape index (κ2) is 4.06. The van der Waals surface area contributed by atoms with Gasteiger partial charge in [-0.25, -0.2) is 9.37 Å². The standard InChI is InChI=1S/C8H8Cl2FN/c1-2-3-5-4-6(11)8(10)12-7(5)9/h4H,2-3H2,1H3. The van der Waals surface area contributed by atoms with Crippen LogP contribution in [0, 0.1) is 5.82 Å². The quantitative estimate of drug-likeness (QED) is 0.678. The molecule has 0 amide bonds. The lowest BCUT2D eigenvalue weighted by atomic mass is 10.2. The molecule has 0 radical (unpaired) electrons. The normalized spacial score (nSPS) is 10.3. The van der Waals surface area contributed by atoms with Crippen LogP contribution in [0.1, 0.15) is 18.9 Å². The number of aryl methyl sites for hydroxylation is 1. The lowest BCUT2D eigenvalue weighted by Crippen LogP contribution is -1.92. The number of hydrogen-bond donors (Lipinski definition) is 0. The first-order valence-electron chi connectivity index (χ1n) is 3.65. The first-order chi connectivity index (χ1) is 5.65. The Morgan fingerprint density at radius 2 is 2.08 bits per heavy atom. The maximum Gasteiger partial charge on any atom is 0.166 e. The van der Waals surface area contributed by atoms with Crippen LogP contribution < -0.4 is 0 Å². The van der Waals surface area contributed by atoms with Gasteiger partial charge < -0.3 is 0 Å². The molecule has 0 fully saturated rings. The first kappa shape index (κ1) is 9.75. The fourth-order valence-electron chi connectivity index (χ4n) is 0.928. The Hall–Kier alpha value is -0.340. The molecule has 1 rings (SSSR count). The van der Waals surface area contributed by atoms with Gasteiger partial charge in [0.05, 0.1) is 0 Å². The molecule has 1 aromatic rings. The summed E-state index contributed by atoms with van der Waals surface area (Å²) in [6, 6.07) is 1.33. The van der Waals surface area contributed by atoms with Crippen molar-refractivity contribution in [2.24, 2.45) is 0 Å². The van der Waals surface area contributed by atoms with E-state index in [9.17, 15) is 4.39 Å². The zero-order chi connectivity index (χ0) is 9.14. The molecule has 0 bridgehead atoms. The van der Waals surface area contributed by atoms with Crippen molar-refractivity contribution < 1.29 is 4.39 Å². The third kappa shape index (κ3) is 2.08. The molecule has 0 spiro atoms. The Morgan fingerprint density at radius 1 is 1.42 bits per heavy atom. The van der Waals surface area contributed by atoms with Crippen molar-refractivity contribution in [3.05, 3.63) is 27.8 Å². The summed E-state index contributed by atoms with van der Waals surface area (Å²) in [7, 11) is 0. The van der Waals surface area contributed by atoms with Crippen molar-refractivity contribution in [1.82, 2.24) is 4.98 Å². The lowest BCUT2D eigenvalue weighted by Gasteiger charge is -2.02. The maximum atomic E-state index is 12.8. The topological polar surface area (TPSA) is 12.9 Å². The molecule has 1 nitrogen and oxygen atoms in total. The second-order valence-corrected chi connectivity index (χ2v) is 3.18. The zero-order valence-corrected chi connectivity index (χ0v) is 8.08. The van der Waals surface area contributed by atoms with Crippen LogP contribution in [0.15, 0.2) is 6.07 Å². The molecule has 0 aromatic carbocycles. The molecule has 0 unspecified atom stereocenters. The molecule has 0 atom stereocenters. The summed E-state index contributed by atoms with van der Waals surface area (Å²) in [5.74, 6) is -0.510. The van der Waals surface area contributed by atoms with Crippen LogP contribution in [0.2, 0.25) is 10.3 Å². The minimum atomic E-state index is -0.510. The van der Waals surface area contributed by atoms with Gasteiger partial charge in [-0.05, 0) is 18.1 Å². The average molecular weight is 208 g/mol. The summed E-state index contributed by atoms with van der Waals surface area (Å²) in [6.45, 7) is 1.99. The van der Waals surface area contributed by atoms with Gasteiger partial charge in [0.25, 0.3) is 0 Å². The third-order valence-corrected chi connectivity index (χ3v) is 2.07. The van der Waals surface area contributed by atoms with Gasteiger partial charge >= 0.3 is 0 Å². The molecule has 12 heavy (non-hydrogen) atoms. The maximum absolute atomic E-state index is 12.8. The van der Waals surface area contributed by atoms with Gasteiger partial charge in [-0.3, -0.25) is 0 Å². The van der Waals surface area contributed by atoms with Gasteiger partial charge in [0.2, 0.25) is 0 Å². The van der Waals surface area contributed by atoms with E-state index in [1.54, 1.807) is 0 Å². The summed E-state index contributed by atoms with van der Waals surface area (Å²) in [5, 5.41) is 0.128. The lowest BCUT2D eigenvalue weighted by molar-refractivity contribution is 0.618. The summed E-state index contributed by atoms with van der Waals surface area (Å²) in [6.07, 6.45) is 1.63. The Kier molecular flexibility index (Phi) is 3.29. The van der Waals surface area contributed by atoms with Gasteiger partial charge in [0, 0.05) is 0 Å². The van der Waals surface area contributed by atoms with Gasteiger partial charge in [0.15, 0.2) is 11.0 Å². The number of halogens is 3. The van der Waals surface area contributed by atoms with E-state index in [0.717, 1.165) is 12.8 Å². The van der Waals surface area contributed by atoms with Gasteiger partial charge in [-0.2, -0.15) is 0 Å². The highest BCUT2D eigenvalue weighted by Gasteiger charge is 2.07. The highest BCUT2D eigenvalue weighted by atomic mass is 35.5. The number of aromatic nitrogens is 1. The molecular formula is C8H8Cl2FN. The predicted octanol–water partition coefficient (Wildman–Crippen LogP) is 3.48. The molecule has 66 valence electrons. The van der Waals surface area contributed by atoms with Crippen molar-refractivity contribution >= 4 is 23.2 Å². The van der Waals surface area contributed by atoms with Crippen LogP contribution in [0.25, 0.3) is 0 Å².